The number of anilines is 1. The van der Waals surface area contributed by atoms with Gasteiger partial charge in [0.05, 0.1) is 5.69 Å². The minimum atomic E-state index is -0.285. The molecule has 1 aromatic rings. The van der Waals surface area contributed by atoms with Gasteiger partial charge in [0.1, 0.15) is 11.4 Å². The van der Waals surface area contributed by atoms with Crippen LogP contribution in [0.25, 0.3) is 0 Å². The molecule has 0 aliphatic rings. The molecule has 0 atom stereocenters. The number of ether oxygens (including phenoxy) is 1. The van der Waals surface area contributed by atoms with Crippen LogP contribution in [0.2, 0.25) is 0 Å². The largest absolute Gasteiger partial charge is 0.486 e. The summed E-state index contributed by atoms with van der Waals surface area (Å²) >= 11 is 0. The van der Waals surface area contributed by atoms with E-state index in [1.807, 2.05) is 52.1 Å². The third-order valence-electron chi connectivity index (χ3n) is 2.41. The van der Waals surface area contributed by atoms with E-state index in [-0.39, 0.29) is 23.9 Å². The Morgan fingerprint density at radius 3 is 2.50 bits per heavy atom. The van der Waals surface area contributed by atoms with Crippen LogP contribution in [0.4, 0.5) is 5.69 Å². The van der Waals surface area contributed by atoms with Crippen LogP contribution in [-0.4, -0.2) is 25.1 Å². The lowest BCUT2D eigenvalue weighted by Crippen LogP contribution is -2.24. The van der Waals surface area contributed by atoms with Crippen LogP contribution in [0.3, 0.4) is 0 Å². The molecule has 0 heterocycles. The van der Waals surface area contributed by atoms with Crippen LogP contribution < -0.4 is 15.4 Å². The summed E-state index contributed by atoms with van der Waals surface area (Å²) in [6, 6.07) is 7.52. The standard InChI is InChI=1S/C15H24N2O2.ClH/c1-15(2,3)19-13-9-6-5-8-12(13)17-14(18)10-7-11-16-4;/h5-6,8-9,16H,7,10-11H2,1-4H3,(H,17,18);1H. The van der Waals surface area contributed by atoms with Gasteiger partial charge in [-0.15, -0.1) is 12.4 Å². The second-order valence-corrected chi connectivity index (χ2v) is 5.47. The first-order valence-electron chi connectivity index (χ1n) is 6.65. The zero-order valence-corrected chi connectivity index (χ0v) is 13.5. The van der Waals surface area contributed by atoms with E-state index in [9.17, 15) is 4.79 Å². The maximum absolute atomic E-state index is 11.8. The van der Waals surface area contributed by atoms with Gasteiger partial charge in [-0.2, -0.15) is 0 Å². The maximum atomic E-state index is 11.8. The van der Waals surface area contributed by atoms with Crippen molar-refractivity contribution in [3.63, 3.8) is 0 Å². The number of carbonyl (C=O) groups excluding carboxylic acids is 1. The fraction of sp³-hybridized carbons (Fsp3) is 0.533. The van der Waals surface area contributed by atoms with Crippen molar-refractivity contribution in [3.05, 3.63) is 24.3 Å². The molecule has 0 fully saturated rings. The highest BCUT2D eigenvalue weighted by atomic mass is 35.5. The Morgan fingerprint density at radius 2 is 1.90 bits per heavy atom. The highest BCUT2D eigenvalue weighted by Crippen LogP contribution is 2.27. The molecule has 0 spiro atoms. The zero-order chi connectivity index (χ0) is 14.3. The second-order valence-electron chi connectivity index (χ2n) is 5.47. The number of carbonyl (C=O) groups is 1. The van der Waals surface area contributed by atoms with Crippen LogP contribution in [0.5, 0.6) is 5.75 Å². The van der Waals surface area contributed by atoms with E-state index < -0.39 is 0 Å². The van der Waals surface area contributed by atoms with E-state index in [1.165, 1.54) is 0 Å². The molecule has 114 valence electrons. The van der Waals surface area contributed by atoms with Gasteiger partial charge < -0.3 is 15.4 Å². The molecule has 1 rings (SSSR count). The normalized spacial score (nSPS) is 10.6. The molecular formula is C15H25ClN2O2. The second kappa shape index (κ2) is 8.82. The molecule has 5 heteroatoms. The van der Waals surface area contributed by atoms with E-state index in [0.29, 0.717) is 12.2 Å². The first-order valence-corrected chi connectivity index (χ1v) is 6.65. The van der Waals surface area contributed by atoms with Crippen LogP contribution in [0, 0.1) is 0 Å². The molecule has 0 bridgehead atoms. The van der Waals surface area contributed by atoms with Gasteiger partial charge in [0, 0.05) is 6.42 Å². The van der Waals surface area contributed by atoms with E-state index >= 15 is 0 Å². The van der Waals surface area contributed by atoms with Gasteiger partial charge in [-0.05, 0) is 52.9 Å². The van der Waals surface area contributed by atoms with E-state index in [4.69, 9.17) is 4.74 Å². The molecule has 0 aromatic heterocycles. The first kappa shape index (κ1) is 18.7. The first-order chi connectivity index (χ1) is 8.92. The maximum Gasteiger partial charge on any atom is 0.224 e. The van der Waals surface area contributed by atoms with Gasteiger partial charge in [-0.1, -0.05) is 12.1 Å². The highest BCUT2D eigenvalue weighted by Gasteiger charge is 2.15. The van der Waals surface area contributed by atoms with Gasteiger partial charge in [-0.25, -0.2) is 0 Å². The number of benzene rings is 1. The van der Waals surface area contributed by atoms with Crippen molar-refractivity contribution < 1.29 is 9.53 Å². The fourth-order valence-electron chi connectivity index (χ4n) is 1.63. The predicted molar refractivity (Wildman–Crippen MR) is 85.9 cm³/mol. The van der Waals surface area contributed by atoms with Crippen molar-refractivity contribution in [3.8, 4) is 5.75 Å². The van der Waals surface area contributed by atoms with E-state index in [2.05, 4.69) is 10.6 Å². The Morgan fingerprint density at radius 1 is 1.25 bits per heavy atom. The number of hydrogen-bond donors (Lipinski definition) is 2. The zero-order valence-electron chi connectivity index (χ0n) is 12.7. The van der Waals surface area contributed by atoms with Crippen LogP contribution >= 0.6 is 12.4 Å². The van der Waals surface area contributed by atoms with Gasteiger partial charge >= 0.3 is 0 Å². The molecule has 0 saturated heterocycles. The van der Waals surface area contributed by atoms with Gasteiger partial charge in [-0.3, -0.25) is 4.79 Å². The quantitative estimate of drug-likeness (QED) is 0.793. The summed E-state index contributed by atoms with van der Waals surface area (Å²) in [6.45, 7) is 6.79. The topological polar surface area (TPSA) is 50.4 Å². The van der Waals surface area contributed by atoms with Crippen LogP contribution in [0.15, 0.2) is 24.3 Å². The molecule has 1 aromatic carbocycles. The summed E-state index contributed by atoms with van der Waals surface area (Å²) in [4.78, 5) is 11.8. The molecule has 0 aliphatic heterocycles. The molecule has 0 unspecified atom stereocenters. The molecule has 20 heavy (non-hydrogen) atoms. The Labute approximate surface area is 127 Å². The molecule has 2 N–H and O–H groups in total. The minimum absolute atomic E-state index is 0. The summed E-state index contributed by atoms with van der Waals surface area (Å²) in [7, 11) is 1.88. The minimum Gasteiger partial charge on any atom is -0.486 e. The lowest BCUT2D eigenvalue weighted by atomic mass is 10.2. The Balaban J connectivity index is 0.00000361. The Bertz CT molecular complexity index is 417. The lowest BCUT2D eigenvalue weighted by molar-refractivity contribution is -0.116. The van der Waals surface area contributed by atoms with Crippen molar-refractivity contribution in [1.29, 1.82) is 0 Å². The molecule has 1 amide bonds. The van der Waals surface area contributed by atoms with Crippen molar-refractivity contribution in [2.75, 3.05) is 18.9 Å². The van der Waals surface area contributed by atoms with Gasteiger partial charge in [0.2, 0.25) is 5.91 Å². The highest BCUT2D eigenvalue weighted by molar-refractivity contribution is 5.92. The van der Waals surface area contributed by atoms with Gasteiger partial charge in [0.15, 0.2) is 0 Å². The molecular weight excluding hydrogens is 276 g/mol. The summed E-state index contributed by atoms with van der Waals surface area (Å²) < 4.78 is 5.83. The van der Waals surface area contributed by atoms with Crippen LogP contribution in [-0.2, 0) is 4.79 Å². The van der Waals surface area contributed by atoms with Gasteiger partial charge in [0.25, 0.3) is 0 Å². The smallest absolute Gasteiger partial charge is 0.224 e. The monoisotopic (exact) mass is 300 g/mol. The Kier molecular flexibility index (Phi) is 8.26. The molecule has 0 radical (unpaired) electrons. The van der Waals surface area contributed by atoms with Crippen molar-refractivity contribution in [2.45, 2.75) is 39.2 Å². The van der Waals surface area contributed by atoms with Crippen molar-refractivity contribution in [1.82, 2.24) is 5.32 Å². The SMILES string of the molecule is CNCCCC(=O)Nc1ccccc1OC(C)(C)C.Cl. The predicted octanol–water partition coefficient (Wildman–Crippen LogP) is 3.22. The van der Waals surface area contributed by atoms with Crippen molar-refractivity contribution >= 4 is 24.0 Å². The fourth-order valence-corrected chi connectivity index (χ4v) is 1.63. The number of halogens is 1. The number of nitrogens with one attached hydrogen (secondary N) is 2. The van der Waals surface area contributed by atoms with Crippen LogP contribution in [0.1, 0.15) is 33.6 Å². The molecule has 0 saturated carbocycles. The lowest BCUT2D eigenvalue weighted by Gasteiger charge is -2.23. The molecule has 0 aliphatic carbocycles. The number of amides is 1. The number of para-hydroxylation sites is 2. The van der Waals surface area contributed by atoms with E-state index in [0.717, 1.165) is 18.7 Å². The summed E-state index contributed by atoms with van der Waals surface area (Å²) in [5.74, 6) is 0.720. The summed E-state index contributed by atoms with van der Waals surface area (Å²) in [6.07, 6.45) is 1.33. The average molecular weight is 301 g/mol. The average Bonchev–Trinajstić information content (AvgIpc) is 2.30. The van der Waals surface area contributed by atoms with E-state index in [1.54, 1.807) is 0 Å². The third kappa shape index (κ3) is 7.36. The Hall–Kier alpha value is -1.26. The van der Waals surface area contributed by atoms with Crippen molar-refractivity contribution in [2.24, 2.45) is 0 Å². The summed E-state index contributed by atoms with van der Waals surface area (Å²) in [5, 5.41) is 5.92. The number of hydrogen-bond acceptors (Lipinski definition) is 3. The summed E-state index contributed by atoms with van der Waals surface area (Å²) in [5.41, 5.74) is 0.444. The third-order valence-corrected chi connectivity index (χ3v) is 2.41. The molecule has 4 nitrogen and oxygen atoms in total. The number of rotatable bonds is 6.